The van der Waals surface area contributed by atoms with Crippen LogP contribution in [0.2, 0.25) is 0 Å². The predicted molar refractivity (Wildman–Crippen MR) is 99.7 cm³/mol. The molecule has 2 aromatic rings. The third kappa shape index (κ3) is 2.63. The number of nitrogens with zero attached hydrogens (tertiary/aromatic N) is 2. The fourth-order valence-electron chi connectivity index (χ4n) is 5.38. The second-order valence-corrected chi connectivity index (χ2v) is 7.96. The molecule has 7 nitrogen and oxygen atoms in total. The largest absolute Gasteiger partial charge is 0.333 e. The first-order valence-electron chi connectivity index (χ1n) is 9.65. The molecule has 4 fully saturated rings. The summed E-state index contributed by atoms with van der Waals surface area (Å²) < 4.78 is 13.4. The van der Waals surface area contributed by atoms with E-state index in [1.54, 1.807) is 17.0 Å². The maximum atomic E-state index is 13.4. The lowest BCUT2D eigenvalue weighted by molar-refractivity contribution is -0.00348. The molecule has 4 aliphatic heterocycles. The summed E-state index contributed by atoms with van der Waals surface area (Å²) in [6, 6.07) is 6.69. The molecular weight excluding hydrogens is 363 g/mol. The van der Waals surface area contributed by atoms with Gasteiger partial charge in [-0.15, -0.1) is 0 Å². The van der Waals surface area contributed by atoms with Crippen LogP contribution < -0.4 is 11.2 Å². The second-order valence-electron chi connectivity index (χ2n) is 7.96. The van der Waals surface area contributed by atoms with Crippen molar-refractivity contribution in [3.63, 3.8) is 0 Å². The molecule has 0 aliphatic carbocycles. The number of piperidine rings is 3. The minimum Gasteiger partial charge on any atom is -0.333 e. The molecule has 4 saturated heterocycles. The van der Waals surface area contributed by atoms with E-state index in [0.717, 1.165) is 31.5 Å². The molecule has 6 rings (SSSR count). The number of aromatic nitrogens is 2. The molecule has 2 bridgehead atoms. The Hall–Kier alpha value is -2.74. The summed E-state index contributed by atoms with van der Waals surface area (Å²) in [6.45, 7) is 2.49. The molecule has 0 saturated carbocycles. The number of fused-ring (bicyclic) bond motifs is 2. The molecule has 1 aromatic heterocycles. The highest BCUT2D eigenvalue weighted by molar-refractivity contribution is 5.94. The van der Waals surface area contributed by atoms with Crippen molar-refractivity contribution in [1.82, 2.24) is 19.8 Å². The van der Waals surface area contributed by atoms with Gasteiger partial charge in [-0.05, 0) is 49.5 Å². The van der Waals surface area contributed by atoms with Crippen LogP contribution in [0.15, 0.2) is 40.1 Å². The maximum Gasteiger partial charge on any atom is 0.325 e. The van der Waals surface area contributed by atoms with Gasteiger partial charge in [0.1, 0.15) is 11.4 Å². The van der Waals surface area contributed by atoms with Crippen LogP contribution in [-0.4, -0.2) is 57.4 Å². The Morgan fingerprint density at radius 3 is 2.46 bits per heavy atom. The van der Waals surface area contributed by atoms with Crippen LogP contribution in [0.25, 0.3) is 0 Å². The van der Waals surface area contributed by atoms with Crippen molar-refractivity contribution in [1.29, 1.82) is 0 Å². The van der Waals surface area contributed by atoms with Gasteiger partial charge in [0.25, 0.3) is 11.5 Å². The molecule has 146 valence electrons. The Morgan fingerprint density at radius 1 is 1.07 bits per heavy atom. The number of hydrogen-bond donors (Lipinski definition) is 2. The topological polar surface area (TPSA) is 89.3 Å². The third-order valence-corrected chi connectivity index (χ3v) is 6.60. The van der Waals surface area contributed by atoms with E-state index < -0.39 is 11.2 Å². The predicted octanol–water partition coefficient (Wildman–Crippen LogP) is 0.905. The number of carbonyl (C=O) groups excluding carboxylic acids is 1. The summed E-state index contributed by atoms with van der Waals surface area (Å²) >= 11 is 0. The summed E-state index contributed by atoms with van der Waals surface area (Å²) in [6.07, 6.45) is 3.26. The van der Waals surface area contributed by atoms with E-state index in [9.17, 15) is 18.8 Å². The van der Waals surface area contributed by atoms with Crippen LogP contribution in [0.3, 0.4) is 0 Å². The van der Waals surface area contributed by atoms with Crippen LogP contribution >= 0.6 is 0 Å². The lowest BCUT2D eigenvalue weighted by atomic mass is 9.75. The van der Waals surface area contributed by atoms with Crippen molar-refractivity contribution in [2.24, 2.45) is 5.92 Å². The van der Waals surface area contributed by atoms with Gasteiger partial charge in [0.15, 0.2) is 0 Å². The van der Waals surface area contributed by atoms with Gasteiger partial charge in [-0.2, -0.15) is 0 Å². The molecule has 0 spiro atoms. The first-order valence-corrected chi connectivity index (χ1v) is 9.65. The Balaban J connectivity index is 1.55. The van der Waals surface area contributed by atoms with Gasteiger partial charge in [-0.3, -0.25) is 19.5 Å². The fourth-order valence-corrected chi connectivity index (χ4v) is 5.38. The van der Waals surface area contributed by atoms with Gasteiger partial charge in [0.05, 0.1) is 6.04 Å². The van der Waals surface area contributed by atoms with E-state index in [1.807, 2.05) is 0 Å². The van der Waals surface area contributed by atoms with Crippen molar-refractivity contribution in [3.8, 4) is 0 Å². The molecule has 5 heterocycles. The zero-order chi connectivity index (χ0) is 19.4. The number of aromatic amines is 2. The zero-order valence-corrected chi connectivity index (χ0v) is 15.2. The number of H-pyrrole nitrogens is 2. The lowest BCUT2D eigenvalue weighted by Gasteiger charge is -2.51. The number of halogens is 1. The monoisotopic (exact) mass is 384 g/mol. The summed E-state index contributed by atoms with van der Waals surface area (Å²) in [5.41, 5.74) is -0.339. The van der Waals surface area contributed by atoms with E-state index in [4.69, 9.17) is 0 Å². The van der Waals surface area contributed by atoms with E-state index in [2.05, 4.69) is 14.9 Å². The van der Waals surface area contributed by atoms with Crippen LogP contribution in [-0.2, 0) is 0 Å². The molecule has 0 unspecified atom stereocenters. The third-order valence-electron chi connectivity index (χ3n) is 6.60. The molecule has 1 amide bonds. The number of nitrogens with one attached hydrogen (secondary N) is 2. The molecule has 2 N–H and O–H groups in total. The summed E-state index contributed by atoms with van der Waals surface area (Å²) in [7, 11) is 0. The van der Waals surface area contributed by atoms with Crippen LogP contribution in [0.5, 0.6) is 0 Å². The van der Waals surface area contributed by atoms with Crippen LogP contribution in [0.4, 0.5) is 4.39 Å². The smallest absolute Gasteiger partial charge is 0.325 e. The van der Waals surface area contributed by atoms with Gasteiger partial charge >= 0.3 is 5.69 Å². The number of amides is 1. The summed E-state index contributed by atoms with van der Waals surface area (Å²) in [4.78, 5) is 45.5. The van der Waals surface area contributed by atoms with Crippen LogP contribution in [0.1, 0.15) is 34.7 Å². The highest BCUT2D eigenvalue weighted by Crippen LogP contribution is 2.46. The Kier molecular flexibility index (Phi) is 3.97. The molecular formula is C20H21FN4O3. The normalized spacial score (nSPS) is 31.0. The van der Waals surface area contributed by atoms with Gasteiger partial charge in [-0.1, -0.05) is 12.1 Å². The van der Waals surface area contributed by atoms with Crippen molar-refractivity contribution < 1.29 is 9.18 Å². The Labute approximate surface area is 160 Å². The first-order chi connectivity index (χ1) is 13.5. The van der Waals surface area contributed by atoms with Crippen molar-refractivity contribution in [2.75, 3.05) is 19.6 Å². The fraction of sp³-hybridized carbons (Fsp3) is 0.450. The summed E-state index contributed by atoms with van der Waals surface area (Å²) in [5, 5.41) is 0. The average molecular weight is 384 g/mol. The SMILES string of the molecule is O=C(c1c[nH]c(=O)[nH]c1=O)N1C[C@H](c2ccc(F)cc2)[C@H]2[C@@H]1C1CCN2CC1. The van der Waals surface area contributed by atoms with E-state index in [1.165, 1.54) is 18.3 Å². The van der Waals surface area contributed by atoms with Crippen molar-refractivity contribution in [3.05, 3.63) is 68.2 Å². The number of benzene rings is 1. The highest BCUT2D eigenvalue weighted by Gasteiger charge is 2.54. The first kappa shape index (κ1) is 17.4. The lowest BCUT2D eigenvalue weighted by Crippen LogP contribution is -2.61. The minimum atomic E-state index is -0.670. The Morgan fingerprint density at radius 2 is 1.79 bits per heavy atom. The highest BCUT2D eigenvalue weighted by atomic mass is 19.1. The molecule has 0 radical (unpaired) electrons. The van der Waals surface area contributed by atoms with Gasteiger partial charge in [-0.25, -0.2) is 9.18 Å². The average Bonchev–Trinajstić information content (AvgIpc) is 3.12. The van der Waals surface area contributed by atoms with E-state index >= 15 is 0 Å². The summed E-state index contributed by atoms with van der Waals surface area (Å²) in [5.74, 6) is -0.173. The van der Waals surface area contributed by atoms with Crippen LogP contribution in [0, 0.1) is 11.7 Å². The maximum absolute atomic E-state index is 13.4. The number of hydrogen-bond acceptors (Lipinski definition) is 4. The molecule has 28 heavy (non-hydrogen) atoms. The number of carbonyl (C=O) groups is 1. The minimum absolute atomic E-state index is 0.0244. The standard InChI is InChI=1S/C20H21FN4O3/c21-13-3-1-11(2-4-13)15-10-25(16-12-5-7-24(8-6-12)17(15)16)19(27)14-9-22-20(28)23-18(14)26/h1-4,9,12,15-17H,5-8,10H2,(H2,22,23,26,28)/t15-,16+,17+/m1/s1. The van der Waals surface area contributed by atoms with Crippen molar-refractivity contribution in [2.45, 2.75) is 30.8 Å². The molecule has 1 aromatic carbocycles. The quantitative estimate of drug-likeness (QED) is 0.805. The zero-order valence-electron chi connectivity index (χ0n) is 15.2. The van der Waals surface area contributed by atoms with Crippen molar-refractivity contribution >= 4 is 5.91 Å². The van der Waals surface area contributed by atoms with E-state index in [0.29, 0.717) is 12.5 Å². The number of rotatable bonds is 2. The molecule has 3 atom stereocenters. The molecule has 8 heteroatoms. The molecule has 4 aliphatic rings. The van der Waals surface area contributed by atoms with Gasteiger partial charge in [0.2, 0.25) is 0 Å². The second kappa shape index (κ2) is 6.41. The number of likely N-dealkylation sites (tertiary alicyclic amines) is 1. The van der Waals surface area contributed by atoms with Gasteiger partial charge < -0.3 is 9.88 Å². The van der Waals surface area contributed by atoms with Gasteiger partial charge in [0, 0.05) is 24.7 Å². The Bertz CT molecular complexity index is 1020. The van der Waals surface area contributed by atoms with E-state index in [-0.39, 0.29) is 35.3 Å².